The van der Waals surface area contributed by atoms with Gasteiger partial charge in [0.15, 0.2) is 20.7 Å². The number of hydrogen-bond acceptors (Lipinski definition) is 7. The zero-order valence-electron chi connectivity index (χ0n) is 11.8. The van der Waals surface area contributed by atoms with Crippen molar-refractivity contribution in [1.29, 1.82) is 0 Å². The Morgan fingerprint density at radius 1 is 1.30 bits per heavy atom. The minimum absolute atomic E-state index is 0.210. The van der Waals surface area contributed by atoms with Gasteiger partial charge in [-0.3, -0.25) is 10.1 Å². The maximum absolute atomic E-state index is 12.1. The molecule has 3 rings (SSSR count). The predicted octanol–water partition coefficient (Wildman–Crippen LogP) is 1.90. The van der Waals surface area contributed by atoms with Crippen LogP contribution in [0, 0.1) is 0 Å². The van der Waals surface area contributed by atoms with Gasteiger partial charge in [-0.05, 0) is 25.0 Å². The number of nitrogens with zero attached hydrogens (tertiary/aromatic N) is 2. The molecule has 0 bridgehead atoms. The fourth-order valence-corrected chi connectivity index (χ4v) is 4.23. The number of carbonyl (C=O) groups is 1. The van der Waals surface area contributed by atoms with E-state index >= 15 is 0 Å². The van der Waals surface area contributed by atoms with Crippen LogP contribution in [0.4, 0.5) is 5.13 Å². The Morgan fingerprint density at radius 3 is 2.52 bits per heavy atom. The SMILES string of the molecule is O=C(Nc1nccs1)/C(=N/O)c1ccc(S(=O)(=O)C2CC2)cc1. The lowest BCUT2D eigenvalue weighted by Crippen LogP contribution is -2.24. The fourth-order valence-electron chi connectivity index (χ4n) is 2.05. The van der Waals surface area contributed by atoms with E-state index in [2.05, 4.69) is 15.5 Å². The normalized spacial score (nSPS) is 15.4. The van der Waals surface area contributed by atoms with Crippen molar-refractivity contribution in [2.75, 3.05) is 5.32 Å². The van der Waals surface area contributed by atoms with Crippen LogP contribution in [-0.4, -0.2) is 35.5 Å². The van der Waals surface area contributed by atoms with E-state index in [4.69, 9.17) is 5.21 Å². The van der Waals surface area contributed by atoms with Crippen molar-refractivity contribution in [2.45, 2.75) is 23.0 Å². The zero-order valence-corrected chi connectivity index (χ0v) is 13.5. The van der Waals surface area contributed by atoms with E-state index in [1.165, 1.54) is 41.8 Å². The Morgan fingerprint density at radius 2 is 2.00 bits per heavy atom. The van der Waals surface area contributed by atoms with Crippen molar-refractivity contribution in [2.24, 2.45) is 5.16 Å². The summed E-state index contributed by atoms with van der Waals surface area (Å²) in [5.41, 5.74) is 0.104. The average molecular weight is 351 g/mol. The van der Waals surface area contributed by atoms with Gasteiger partial charge in [-0.2, -0.15) is 0 Å². The fraction of sp³-hybridized carbons (Fsp3) is 0.214. The average Bonchev–Trinajstić information content (AvgIpc) is 3.29. The molecule has 1 heterocycles. The zero-order chi connectivity index (χ0) is 16.4. The number of rotatable bonds is 5. The molecule has 1 fully saturated rings. The van der Waals surface area contributed by atoms with Gasteiger partial charge in [-0.25, -0.2) is 13.4 Å². The Labute approximate surface area is 136 Å². The largest absolute Gasteiger partial charge is 0.410 e. The summed E-state index contributed by atoms with van der Waals surface area (Å²) in [6.45, 7) is 0. The molecule has 0 aliphatic heterocycles. The summed E-state index contributed by atoms with van der Waals surface area (Å²) in [5.74, 6) is -0.625. The third kappa shape index (κ3) is 3.25. The highest BCUT2D eigenvalue weighted by molar-refractivity contribution is 7.92. The third-order valence-electron chi connectivity index (χ3n) is 3.39. The van der Waals surface area contributed by atoms with Gasteiger partial charge in [0.05, 0.1) is 10.1 Å². The first-order valence-corrected chi connectivity index (χ1v) is 9.22. The summed E-state index contributed by atoms with van der Waals surface area (Å²) in [6, 6.07) is 5.74. The van der Waals surface area contributed by atoms with Gasteiger partial charge < -0.3 is 5.21 Å². The lowest BCUT2D eigenvalue weighted by molar-refractivity contribution is -0.110. The molecule has 1 aromatic carbocycles. The number of benzene rings is 1. The van der Waals surface area contributed by atoms with Crippen LogP contribution in [0.2, 0.25) is 0 Å². The van der Waals surface area contributed by atoms with Crippen LogP contribution in [0.1, 0.15) is 18.4 Å². The summed E-state index contributed by atoms with van der Waals surface area (Å²) < 4.78 is 24.2. The van der Waals surface area contributed by atoms with Gasteiger partial charge in [0.1, 0.15) is 0 Å². The molecule has 0 saturated heterocycles. The number of carbonyl (C=O) groups excluding carboxylic acids is 1. The Kier molecular flexibility index (Phi) is 4.14. The highest BCUT2D eigenvalue weighted by Gasteiger charge is 2.36. The molecule has 1 amide bonds. The second-order valence-electron chi connectivity index (χ2n) is 5.01. The van der Waals surface area contributed by atoms with Gasteiger partial charge in [0, 0.05) is 17.1 Å². The summed E-state index contributed by atoms with van der Waals surface area (Å²) in [5, 5.41) is 16.4. The minimum Gasteiger partial charge on any atom is -0.410 e. The lowest BCUT2D eigenvalue weighted by atomic mass is 10.1. The quantitative estimate of drug-likeness (QED) is 0.486. The summed E-state index contributed by atoms with van der Waals surface area (Å²) in [4.78, 5) is 16.2. The molecular weight excluding hydrogens is 338 g/mol. The van der Waals surface area contributed by atoms with E-state index in [-0.39, 0.29) is 15.9 Å². The summed E-state index contributed by atoms with van der Waals surface area (Å²) >= 11 is 1.23. The van der Waals surface area contributed by atoms with Crippen molar-refractivity contribution in [1.82, 2.24) is 4.98 Å². The maximum atomic E-state index is 12.1. The minimum atomic E-state index is -3.29. The standard InChI is InChI=1S/C14H13N3O4S2/c18-13(16-14-15-7-8-22-14)12(17-19)9-1-3-10(4-2-9)23(20,21)11-5-6-11/h1-4,7-8,11,19H,5-6H2,(H,15,16,18)/b17-12+. The van der Waals surface area contributed by atoms with Gasteiger partial charge in [0.25, 0.3) is 5.91 Å². The molecule has 1 aliphatic carbocycles. The van der Waals surface area contributed by atoms with E-state index in [0.29, 0.717) is 23.5 Å². The van der Waals surface area contributed by atoms with E-state index < -0.39 is 15.7 Å². The van der Waals surface area contributed by atoms with Crippen molar-refractivity contribution >= 4 is 37.9 Å². The predicted molar refractivity (Wildman–Crippen MR) is 85.7 cm³/mol. The van der Waals surface area contributed by atoms with Gasteiger partial charge in [-0.1, -0.05) is 17.3 Å². The molecule has 1 aliphatic rings. The highest BCUT2D eigenvalue weighted by atomic mass is 32.2. The molecule has 23 heavy (non-hydrogen) atoms. The maximum Gasteiger partial charge on any atom is 0.280 e. The molecule has 2 N–H and O–H groups in total. The number of hydrogen-bond donors (Lipinski definition) is 2. The number of sulfone groups is 1. The Balaban J connectivity index is 1.81. The molecule has 1 saturated carbocycles. The number of thiazole rings is 1. The van der Waals surface area contributed by atoms with Crippen LogP contribution >= 0.6 is 11.3 Å². The molecular formula is C14H13N3O4S2. The first-order valence-electron chi connectivity index (χ1n) is 6.79. The van der Waals surface area contributed by atoms with Crippen molar-refractivity contribution < 1.29 is 18.4 Å². The molecule has 7 nitrogen and oxygen atoms in total. The molecule has 9 heteroatoms. The Hall–Kier alpha value is -2.26. The number of oxime groups is 1. The van der Waals surface area contributed by atoms with Gasteiger partial charge >= 0.3 is 0 Å². The van der Waals surface area contributed by atoms with Crippen molar-refractivity contribution in [3.63, 3.8) is 0 Å². The van der Waals surface area contributed by atoms with Crippen LogP contribution in [0.15, 0.2) is 45.9 Å². The Bertz CT molecular complexity index is 839. The van der Waals surface area contributed by atoms with E-state index in [0.717, 1.165) is 0 Å². The van der Waals surface area contributed by atoms with E-state index in [9.17, 15) is 13.2 Å². The molecule has 0 radical (unpaired) electrons. The summed E-state index contributed by atoms with van der Waals surface area (Å²) in [7, 11) is -3.29. The molecule has 1 aromatic heterocycles. The molecule has 0 atom stereocenters. The second kappa shape index (κ2) is 6.09. The number of aromatic nitrogens is 1. The van der Waals surface area contributed by atoms with Crippen LogP contribution < -0.4 is 5.32 Å². The third-order valence-corrected chi connectivity index (χ3v) is 6.35. The monoisotopic (exact) mass is 351 g/mol. The lowest BCUT2D eigenvalue weighted by Gasteiger charge is -2.06. The number of anilines is 1. The molecule has 0 spiro atoms. The van der Waals surface area contributed by atoms with Crippen LogP contribution in [0.5, 0.6) is 0 Å². The first-order chi connectivity index (χ1) is 11.0. The molecule has 2 aromatic rings. The summed E-state index contributed by atoms with van der Waals surface area (Å²) in [6.07, 6.45) is 2.90. The topological polar surface area (TPSA) is 109 Å². The van der Waals surface area contributed by atoms with Gasteiger partial charge in [-0.15, -0.1) is 11.3 Å². The smallest absolute Gasteiger partial charge is 0.280 e. The number of amides is 1. The second-order valence-corrected chi connectivity index (χ2v) is 8.13. The van der Waals surface area contributed by atoms with E-state index in [1.807, 2.05) is 0 Å². The van der Waals surface area contributed by atoms with Gasteiger partial charge in [0.2, 0.25) is 0 Å². The van der Waals surface area contributed by atoms with Crippen molar-refractivity contribution in [3.05, 3.63) is 41.4 Å². The molecule has 0 unspecified atom stereocenters. The first kappa shape index (κ1) is 15.6. The van der Waals surface area contributed by atoms with Crippen molar-refractivity contribution in [3.8, 4) is 0 Å². The number of nitrogens with one attached hydrogen (secondary N) is 1. The highest BCUT2D eigenvalue weighted by Crippen LogP contribution is 2.33. The van der Waals surface area contributed by atoms with Crippen LogP contribution in [0.3, 0.4) is 0 Å². The molecule has 120 valence electrons. The van der Waals surface area contributed by atoms with Crippen LogP contribution in [0.25, 0.3) is 0 Å². The van der Waals surface area contributed by atoms with E-state index in [1.54, 1.807) is 5.38 Å². The van der Waals surface area contributed by atoms with Crippen LogP contribution in [-0.2, 0) is 14.6 Å².